The van der Waals surface area contributed by atoms with Crippen molar-refractivity contribution in [3.63, 3.8) is 0 Å². The van der Waals surface area contributed by atoms with Crippen LogP contribution < -0.4 is 9.47 Å². The van der Waals surface area contributed by atoms with Crippen molar-refractivity contribution in [2.45, 2.75) is 6.61 Å². The van der Waals surface area contributed by atoms with Crippen LogP contribution in [0.5, 0.6) is 11.5 Å². The number of rotatable bonds is 6. The summed E-state index contributed by atoms with van der Waals surface area (Å²) in [5, 5.41) is 0. The molecule has 28 heavy (non-hydrogen) atoms. The second kappa shape index (κ2) is 8.39. The smallest absolute Gasteiger partial charge is 0.387 e. The first-order chi connectivity index (χ1) is 13.4. The van der Waals surface area contributed by atoms with Crippen molar-refractivity contribution in [2.24, 2.45) is 0 Å². The van der Waals surface area contributed by atoms with Crippen molar-refractivity contribution >= 4 is 11.8 Å². The molecule has 3 rings (SSSR count). The maximum Gasteiger partial charge on any atom is 0.387 e. The van der Waals surface area contributed by atoms with E-state index in [4.69, 9.17) is 4.74 Å². The summed E-state index contributed by atoms with van der Waals surface area (Å²) in [6.45, 7) is -3.00. The minimum Gasteiger partial charge on any atom is -0.435 e. The van der Waals surface area contributed by atoms with Gasteiger partial charge in [-0.05, 0) is 66.7 Å². The fourth-order valence-corrected chi connectivity index (χ4v) is 2.41. The number of alkyl halides is 2. The predicted molar refractivity (Wildman–Crippen MR) is 94.3 cm³/mol. The van der Waals surface area contributed by atoms with Crippen molar-refractivity contribution in [3.8, 4) is 11.5 Å². The molecule has 142 valence electrons. The monoisotopic (exact) mass is 386 g/mol. The Morgan fingerprint density at radius 3 is 1.96 bits per heavy atom. The van der Waals surface area contributed by atoms with Crippen LogP contribution in [0.2, 0.25) is 0 Å². The molecule has 0 radical (unpaired) electrons. The second-order valence-electron chi connectivity index (χ2n) is 5.66. The van der Waals surface area contributed by atoms with Gasteiger partial charge >= 0.3 is 12.6 Å². The van der Waals surface area contributed by atoms with Crippen LogP contribution in [0.3, 0.4) is 0 Å². The predicted octanol–water partition coefficient (Wildman–Crippen LogP) is 4.88. The SMILES string of the molecule is O=C(Oc1ccc(C(=O)c2ccc(F)cc2)cc1)c1cccc(OC(F)F)c1. The minimum atomic E-state index is -3.00. The highest BCUT2D eigenvalue weighted by atomic mass is 19.3. The van der Waals surface area contributed by atoms with E-state index in [1.165, 1.54) is 66.7 Å². The number of halogens is 3. The molecule has 0 aliphatic carbocycles. The number of carbonyl (C=O) groups is 2. The molecule has 4 nitrogen and oxygen atoms in total. The normalized spacial score (nSPS) is 10.6. The van der Waals surface area contributed by atoms with Crippen LogP contribution in [0.15, 0.2) is 72.8 Å². The molecule has 3 aromatic carbocycles. The molecular weight excluding hydrogens is 373 g/mol. The van der Waals surface area contributed by atoms with Crippen LogP contribution in [0.1, 0.15) is 26.3 Å². The first-order valence-electron chi connectivity index (χ1n) is 8.10. The Kier molecular flexibility index (Phi) is 5.74. The molecule has 0 aromatic heterocycles. The van der Waals surface area contributed by atoms with Gasteiger partial charge in [0, 0.05) is 11.1 Å². The molecule has 0 spiro atoms. The van der Waals surface area contributed by atoms with E-state index in [0.29, 0.717) is 11.1 Å². The molecular formula is C21H13F3O4. The summed E-state index contributed by atoms with van der Waals surface area (Å²) in [6.07, 6.45) is 0. The Hall–Kier alpha value is -3.61. The number of esters is 1. The molecule has 0 amide bonds. The quantitative estimate of drug-likeness (QED) is 0.344. The lowest BCUT2D eigenvalue weighted by atomic mass is 10.0. The first kappa shape index (κ1) is 19.2. The first-order valence-corrected chi connectivity index (χ1v) is 8.10. The third-order valence-corrected chi connectivity index (χ3v) is 3.73. The van der Waals surface area contributed by atoms with E-state index in [9.17, 15) is 22.8 Å². The Morgan fingerprint density at radius 2 is 1.36 bits per heavy atom. The number of benzene rings is 3. The molecule has 0 saturated heterocycles. The van der Waals surface area contributed by atoms with Gasteiger partial charge < -0.3 is 9.47 Å². The lowest BCUT2D eigenvalue weighted by molar-refractivity contribution is -0.0499. The molecule has 0 unspecified atom stereocenters. The Balaban J connectivity index is 1.69. The molecule has 0 bridgehead atoms. The summed E-state index contributed by atoms with van der Waals surface area (Å²) in [5.74, 6) is -1.51. The third kappa shape index (κ3) is 4.76. The second-order valence-corrected chi connectivity index (χ2v) is 5.66. The highest BCUT2D eigenvalue weighted by Crippen LogP contribution is 2.20. The number of hydrogen-bond donors (Lipinski definition) is 0. The van der Waals surface area contributed by atoms with E-state index in [1.807, 2.05) is 0 Å². The van der Waals surface area contributed by atoms with Crippen molar-refractivity contribution in [1.29, 1.82) is 0 Å². The maximum absolute atomic E-state index is 12.9. The molecule has 0 aliphatic rings. The third-order valence-electron chi connectivity index (χ3n) is 3.73. The molecule has 3 aromatic rings. The van der Waals surface area contributed by atoms with Gasteiger partial charge in [-0.1, -0.05) is 6.07 Å². The topological polar surface area (TPSA) is 52.6 Å². The van der Waals surface area contributed by atoms with Gasteiger partial charge in [0.1, 0.15) is 17.3 Å². The summed E-state index contributed by atoms with van der Waals surface area (Å²) in [4.78, 5) is 24.5. The van der Waals surface area contributed by atoms with Crippen LogP contribution in [0.4, 0.5) is 13.2 Å². The minimum absolute atomic E-state index is 0.0321. The van der Waals surface area contributed by atoms with Gasteiger partial charge in [-0.15, -0.1) is 0 Å². The van der Waals surface area contributed by atoms with E-state index in [0.717, 1.165) is 6.07 Å². The number of carbonyl (C=O) groups excluding carboxylic acids is 2. The summed E-state index contributed by atoms with van der Waals surface area (Å²) in [7, 11) is 0. The summed E-state index contributed by atoms with van der Waals surface area (Å²) in [5.41, 5.74) is 0.686. The lowest BCUT2D eigenvalue weighted by Gasteiger charge is -2.08. The average molecular weight is 386 g/mol. The van der Waals surface area contributed by atoms with Crippen molar-refractivity contribution < 1.29 is 32.2 Å². The van der Waals surface area contributed by atoms with Crippen LogP contribution in [-0.2, 0) is 0 Å². The fourth-order valence-electron chi connectivity index (χ4n) is 2.41. The average Bonchev–Trinajstić information content (AvgIpc) is 2.68. The fraction of sp³-hybridized carbons (Fsp3) is 0.0476. The van der Waals surface area contributed by atoms with Crippen LogP contribution >= 0.6 is 0 Å². The highest BCUT2D eigenvalue weighted by molar-refractivity contribution is 6.09. The van der Waals surface area contributed by atoms with Gasteiger partial charge in [-0.2, -0.15) is 8.78 Å². The number of ether oxygens (including phenoxy) is 2. The molecule has 7 heteroatoms. The van der Waals surface area contributed by atoms with Gasteiger partial charge in [0.25, 0.3) is 0 Å². The zero-order valence-corrected chi connectivity index (χ0v) is 14.3. The van der Waals surface area contributed by atoms with Gasteiger partial charge in [-0.3, -0.25) is 4.79 Å². The van der Waals surface area contributed by atoms with Crippen LogP contribution in [0.25, 0.3) is 0 Å². The highest BCUT2D eigenvalue weighted by Gasteiger charge is 2.13. The van der Waals surface area contributed by atoms with Crippen molar-refractivity contribution in [3.05, 3.63) is 95.3 Å². The van der Waals surface area contributed by atoms with Crippen molar-refractivity contribution in [2.75, 3.05) is 0 Å². The van der Waals surface area contributed by atoms with Crippen molar-refractivity contribution in [1.82, 2.24) is 0 Å². The van der Waals surface area contributed by atoms with Gasteiger partial charge in [0.15, 0.2) is 5.78 Å². The van der Waals surface area contributed by atoms with Gasteiger partial charge in [0.2, 0.25) is 0 Å². The zero-order valence-electron chi connectivity index (χ0n) is 14.3. The maximum atomic E-state index is 12.9. The summed E-state index contributed by atoms with van der Waals surface area (Å²) < 4.78 is 46.9. The Labute approximate surface area is 158 Å². The van der Waals surface area contributed by atoms with E-state index in [-0.39, 0.29) is 22.8 Å². The summed E-state index contributed by atoms with van der Waals surface area (Å²) >= 11 is 0. The van der Waals surface area contributed by atoms with Gasteiger partial charge in [-0.25, -0.2) is 9.18 Å². The molecule has 0 aliphatic heterocycles. The van der Waals surface area contributed by atoms with E-state index < -0.39 is 18.4 Å². The Bertz CT molecular complexity index is 983. The largest absolute Gasteiger partial charge is 0.435 e. The van der Waals surface area contributed by atoms with E-state index >= 15 is 0 Å². The van der Waals surface area contributed by atoms with Gasteiger partial charge in [0.05, 0.1) is 5.56 Å². The number of ketones is 1. The van der Waals surface area contributed by atoms with Crippen LogP contribution in [0, 0.1) is 5.82 Å². The molecule has 0 N–H and O–H groups in total. The standard InChI is InChI=1S/C21H13F3O4/c22-16-8-4-13(5-9-16)19(25)14-6-10-17(11-7-14)27-20(26)15-2-1-3-18(12-15)28-21(23)24/h1-12,21H. The molecule has 0 heterocycles. The lowest BCUT2D eigenvalue weighted by Crippen LogP contribution is -2.10. The molecule has 0 atom stereocenters. The molecule has 0 saturated carbocycles. The summed E-state index contributed by atoms with van der Waals surface area (Å²) in [6, 6.07) is 16.1. The Morgan fingerprint density at radius 1 is 0.750 bits per heavy atom. The molecule has 0 fully saturated rings. The van der Waals surface area contributed by atoms with Crippen LogP contribution in [-0.4, -0.2) is 18.4 Å². The van der Waals surface area contributed by atoms with E-state index in [2.05, 4.69) is 4.74 Å². The van der Waals surface area contributed by atoms with E-state index in [1.54, 1.807) is 0 Å². The number of hydrogen-bond acceptors (Lipinski definition) is 4. The zero-order chi connectivity index (χ0) is 20.1.